The molecule has 5 rings (SSSR count). The highest BCUT2D eigenvalue weighted by Crippen LogP contribution is 2.38. The van der Waals surface area contributed by atoms with Crippen molar-refractivity contribution in [3.05, 3.63) is 72.3 Å². The van der Waals surface area contributed by atoms with Gasteiger partial charge in [-0.3, -0.25) is 4.90 Å². The molecule has 2 atom stereocenters. The van der Waals surface area contributed by atoms with Gasteiger partial charge in [0, 0.05) is 68.0 Å². The Bertz CT molecular complexity index is 959. The Balaban J connectivity index is 1.19. The van der Waals surface area contributed by atoms with Crippen molar-refractivity contribution >= 4 is 5.69 Å². The van der Waals surface area contributed by atoms with Crippen molar-refractivity contribution in [2.75, 3.05) is 31.1 Å². The van der Waals surface area contributed by atoms with E-state index in [1.54, 1.807) is 0 Å². The number of nitrogens with zero attached hydrogens (tertiary/aromatic N) is 4. The molecule has 0 radical (unpaired) electrons. The summed E-state index contributed by atoms with van der Waals surface area (Å²) >= 11 is 0. The summed E-state index contributed by atoms with van der Waals surface area (Å²) in [6, 6.07) is 15.5. The third kappa shape index (κ3) is 3.62. The summed E-state index contributed by atoms with van der Waals surface area (Å²) in [4.78, 5) is 9.16. The number of fused-ring (bicyclic) bond motifs is 1. The number of hydrogen-bond acceptors (Lipinski definition) is 4. The molecule has 2 aliphatic heterocycles. The molecule has 1 saturated heterocycles. The molecule has 2 aromatic carbocycles. The molecule has 5 nitrogen and oxygen atoms in total. The highest BCUT2D eigenvalue weighted by molar-refractivity contribution is 5.51. The minimum absolute atomic E-state index is 0.281. The van der Waals surface area contributed by atoms with Crippen LogP contribution in [0.15, 0.2) is 61.2 Å². The fourth-order valence-corrected chi connectivity index (χ4v) is 4.38. The fraction of sp³-hybridized carbons (Fsp3) is 0.375. The van der Waals surface area contributed by atoms with E-state index >= 15 is 0 Å². The number of ether oxygens (including phenoxy) is 1. The van der Waals surface area contributed by atoms with E-state index in [1.807, 2.05) is 23.3 Å². The van der Waals surface area contributed by atoms with Crippen LogP contribution in [0.5, 0.6) is 5.75 Å². The summed E-state index contributed by atoms with van der Waals surface area (Å²) in [6.45, 7) is 9.73. The molecule has 3 heterocycles. The molecule has 0 spiro atoms. The van der Waals surface area contributed by atoms with E-state index in [2.05, 4.69) is 71.1 Å². The fourth-order valence-electron chi connectivity index (χ4n) is 4.38. The summed E-state index contributed by atoms with van der Waals surface area (Å²) in [7, 11) is 0. The second-order valence-electron chi connectivity index (χ2n) is 8.23. The van der Waals surface area contributed by atoms with Crippen molar-refractivity contribution < 1.29 is 4.74 Å². The molecule has 29 heavy (non-hydrogen) atoms. The van der Waals surface area contributed by atoms with Crippen molar-refractivity contribution in [3.8, 4) is 11.4 Å². The van der Waals surface area contributed by atoms with E-state index in [0.717, 1.165) is 44.2 Å². The SMILES string of the molecule is CC1Oc2ccc(CN3CCN(c4ccc(-n5ccnc5)cc4)CC3)cc2C1C. The third-order valence-corrected chi connectivity index (χ3v) is 6.38. The Morgan fingerprint density at radius 1 is 0.966 bits per heavy atom. The van der Waals surface area contributed by atoms with E-state index < -0.39 is 0 Å². The van der Waals surface area contributed by atoms with Crippen LogP contribution in [0.25, 0.3) is 5.69 Å². The van der Waals surface area contributed by atoms with Crippen LogP contribution in [0.1, 0.15) is 30.9 Å². The van der Waals surface area contributed by atoms with Crippen molar-refractivity contribution in [1.82, 2.24) is 14.5 Å². The average Bonchev–Trinajstić information content (AvgIpc) is 3.38. The lowest BCUT2D eigenvalue weighted by atomic mass is 9.96. The molecular weight excluding hydrogens is 360 g/mol. The van der Waals surface area contributed by atoms with Crippen LogP contribution in [0, 0.1) is 0 Å². The van der Waals surface area contributed by atoms with Gasteiger partial charge in [0.05, 0.1) is 6.33 Å². The number of rotatable bonds is 4. The monoisotopic (exact) mass is 388 g/mol. The molecule has 0 amide bonds. The second kappa shape index (κ2) is 7.56. The Kier molecular flexibility index (Phi) is 4.76. The van der Waals surface area contributed by atoms with Crippen molar-refractivity contribution in [2.24, 2.45) is 0 Å². The highest BCUT2D eigenvalue weighted by atomic mass is 16.5. The number of hydrogen-bond donors (Lipinski definition) is 0. The van der Waals surface area contributed by atoms with Crippen LogP contribution in [0.4, 0.5) is 5.69 Å². The predicted octanol–water partition coefficient (Wildman–Crippen LogP) is 4.08. The first kappa shape index (κ1) is 18.3. The van der Waals surface area contributed by atoms with Gasteiger partial charge in [0.15, 0.2) is 0 Å². The molecule has 0 aliphatic carbocycles. The van der Waals surface area contributed by atoms with Crippen molar-refractivity contribution in [3.63, 3.8) is 0 Å². The van der Waals surface area contributed by atoms with Gasteiger partial charge < -0.3 is 14.2 Å². The van der Waals surface area contributed by atoms with Gasteiger partial charge in [-0.15, -0.1) is 0 Å². The zero-order valence-electron chi connectivity index (χ0n) is 17.2. The first-order valence-electron chi connectivity index (χ1n) is 10.5. The van der Waals surface area contributed by atoms with Gasteiger partial charge in [0.1, 0.15) is 11.9 Å². The van der Waals surface area contributed by atoms with Crippen LogP contribution < -0.4 is 9.64 Å². The van der Waals surface area contributed by atoms with Gasteiger partial charge in [-0.1, -0.05) is 19.1 Å². The van der Waals surface area contributed by atoms with Crippen LogP contribution in [0.3, 0.4) is 0 Å². The standard InChI is InChI=1S/C24H28N4O/c1-18-19(2)29-24-8-3-20(15-23(18)24)16-26-11-13-27(14-12-26)21-4-6-22(7-5-21)28-10-9-25-17-28/h3-10,15,17-19H,11-14,16H2,1-2H3. The molecule has 1 fully saturated rings. The average molecular weight is 389 g/mol. The van der Waals surface area contributed by atoms with Crippen LogP contribution >= 0.6 is 0 Å². The lowest BCUT2D eigenvalue weighted by Gasteiger charge is -2.36. The molecule has 2 aliphatic rings. The molecular formula is C24H28N4O. The molecule has 150 valence electrons. The maximum atomic E-state index is 5.93. The van der Waals surface area contributed by atoms with Gasteiger partial charge in [-0.05, 0) is 42.8 Å². The van der Waals surface area contributed by atoms with Crippen molar-refractivity contribution in [2.45, 2.75) is 32.4 Å². The minimum Gasteiger partial charge on any atom is -0.490 e. The van der Waals surface area contributed by atoms with E-state index in [9.17, 15) is 0 Å². The van der Waals surface area contributed by atoms with E-state index in [1.165, 1.54) is 16.8 Å². The van der Waals surface area contributed by atoms with Gasteiger partial charge in [-0.2, -0.15) is 0 Å². The van der Waals surface area contributed by atoms with E-state index in [-0.39, 0.29) is 6.10 Å². The lowest BCUT2D eigenvalue weighted by molar-refractivity contribution is 0.232. The second-order valence-corrected chi connectivity index (χ2v) is 8.23. The zero-order chi connectivity index (χ0) is 19.8. The smallest absolute Gasteiger partial charge is 0.123 e. The summed E-state index contributed by atoms with van der Waals surface area (Å²) in [5.74, 6) is 1.55. The number of benzene rings is 2. The minimum atomic E-state index is 0.281. The van der Waals surface area contributed by atoms with Gasteiger partial charge in [-0.25, -0.2) is 4.98 Å². The quantitative estimate of drug-likeness (QED) is 0.674. The van der Waals surface area contributed by atoms with E-state index in [0.29, 0.717) is 5.92 Å². The Morgan fingerprint density at radius 2 is 1.72 bits per heavy atom. The Morgan fingerprint density at radius 3 is 2.45 bits per heavy atom. The Labute approximate surface area is 172 Å². The van der Waals surface area contributed by atoms with Crippen molar-refractivity contribution in [1.29, 1.82) is 0 Å². The molecule has 0 N–H and O–H groups in total. The molecule has 1 aromatic heterocycles. The number of imidazole rings is 1. The lowest BCUT2D eigenvalue weighted by Crippen LogP contribution is -2.45. The normalized spacial score (nSPS) is 21.8. The Hall–Kier alpha value is -2.79. The maximum absolute atomic E-state index is 5.93. The first-order chi connectivity index (χ1) is 14.2. The maximum Gasteiger partial charge on any atom is 0.123 e. The van der Waals surface area contributed by atoms with Crippen LogP contribution in [-0.2, 0) is 6.54 Å². The molecule has 3 aromatic rings. The highest BCUT2D eigenvalue weighted by Gasteiger charge is 2.27. The molecule has 5 heteroatoms. The topological polar surface area (TPSA) is 33.5 Å². The first-order valence-corrected chi connectivity index (χ1v) is 10.5. The van der Waals surface area contributed by atoms with Gasteiger partial charge in [0.2, 0.25) is 0 Å². The summed E-state index contributed by atoms with van der Waals surface area (Å²) in [5.41, 5.74) is 5.21. The number of aromatic nitrogens is 2. The largest absolute Gasteiger partial charge is 0.490 e. The molecule has 2 unspecified atom stereocenters. The van der Waals surface area contributed by atoms with Crippen LogP contribution in [-0.4, -0.2) is 46.7 Å². The van der Waals surface area contributed by atoms with E-state index in [4.69, 9.17) is 4.74 Å². The number of piperazine rings is 1. The summed E-state index contributed by atoms with van der Waals surface area (Å²) in [5, 5.41) is 0. The zero-order valence-corrected chi connectivity index (χ0v) is 17.2. The van der Waals surface area contributed by atoms with Crippen LogP contribution in [0.2, 0.25) is 0 Å². The summed E-state index contributed by atoms with van der Waals surface area (Å²) < 4.78 is 7.97. The molecule has 0 bridgehead atoms. The predicted molar refractivity (Wildman–Crippen MR) is 116 cm³/mol. The van der Waals surface area contributed by atoms with Gasteiger partial charge in [0.25, 0.3) is 0 Å². The van der Waals surface area contributed by atoms with Gasteiger partial charge >= 0.3 is 0 Å². The molecule has 0 saturated carbocycles. The summed E-state index contributed by atoms with van der Waals surface area (Å²) in [6.07, 6.45) is 5.90. The number of anilines is 1. The third-order valence-electron chi connectivity index (χ3n) is 6.38.